The van der Waals surface area contributed by atoms with Crippen LogP contribution < -0.4 is 10.2 Å². The molecule has 1 aliphatic rings. The van der Waals surface area contributed by atoms with Gasteiger partial charge in [0.05, 0.1) is 6.10 Å². The highest BCUT2D eigenvalue weighted by molar-refractivity contribution is 6.06. The quantitative estimate of drug-likeness (QED) is 0.868. The fraction of sp³-hybridized carbons (Fsp3) is 0.333. The summed E-state index contributed by atoms with van der Waals surface area (Å²) in [7, 11) is 0. The largest absolute Gasteiger partial charge is 0.376 e. The molecule has 5 nitrogen and oxygen atoms in total. The maximum Gasteiger partial charge on any atom is 0.258 e. The third-order valence-electron chi connectivity index (χ3n) is 4.54. The Balaban J connectivity index is 1.64. The van der Waals surface area contributed by atoms with Crippen LogP contribution in [0.2, 0.25) is 0 Å². The molecule has 1 aliphatic heterocycles. The Kier molecular flexibility index (Phi) is 6.02. The lowest BCUT2D eigenvalue weighted by molar-refractivity contribution is 0.0857. The van der Waals surface area contributed by atoms with Gasteiger partial charge in [0.2, 0.25) is 0 Å². The van der Waals surface area contributed by atoms with Crippen molar-refractivity contribution in [3.8, 4) is 0 Å². The summed E-state index contributed by atoms with van der Waals surface area (Å²) in [6.07, 6.45) is 2.15. The van der Waals surface area contributed by atoms with Gasteiger partial charge in [-0.25, -0.2) is 0 Å². The second kappa shape index (κ2) is 8.63. The van der Waals surface area contributed by atoms with Gasteiger partial charge < -0.3 is 15.0 Å². The van der Waals surface area contributed by atoms with E-state index >= 15 is 0 Å². The normalized spacial score (nSPS) is 16.3. The van der Waals surface area contributed by atoms with Crippen LogP contribution in [0.15, 0.2) is 54.6 Å². The van der Waals surface area contributed by atoms with Crippen molar-refractivity contribution >= 4 is 17.5 Å². The Labute approximate surface area is 154 Å². The van der Waals surface area contributed by atoms with Crippen LogP contribution in [0.1, 0.15) is 40.5 Å². The molecule has 0 radical (unpaired) electrons. The maximum absolute atomic E-state index is 12.8. The number of benzene rings is 2. The van der Waals surface area contributed by atoms with Crippen LogP contribution in [0.3, 0.4) is 0 Å². The predicted molar refractivity (Wildman–Crippen MR) is 102 cm³/mol. The Hall–Kier alpha value is -2.66. The van der Waals surface area contributed by atoms with E-state index in [1.54, 1.807) is 29.2 Å². The molecule has 0 aliphatic carbocycles. The van der Waals surface area contributed by atoms with E-state index in [-0.39, 0.29) is 17.9 Å². The molecule has 26 heavy (non-hydrogen) atoms. The van der Waals surface area contributed by atoms with Crippen LogP contribution in [-0.2, 0) is 4.74 Å². The molecule has 0 bridgehead atoms. The van der Waals surface area contributed by atoms with Crippen molar-refractivity contribution in [3.05, 3.63) is 65.7 Å². The van der Waals surface area contributed by atoms with E-state index < -0.39 is 0 Å². The number of nitrogens with zero attached hydrogens (tertiary/aromatic N) is 1. The van der Waals surface area contributed by atoms with Crippen molar-refractivity contribution in [1.29, 1.82) is 0 Å². The SMILES string of the molecule is CCN(C(=O)c1ccc(C(=O)NCC2CCCO2)cc1)c1ccccc1. The lowest BCUT2D eigenvalue weighted by Gasteiger charge is -2.21. The van der Waals surface area contributed by atoms with E-state index in [0.29, 0.717) is 24.2 Å². The highest BCUT2D eigenvalue weighted by Gasteiger charge is 2.18. The third-order valence-corrected chi connectivity index (χ3v) is 4.54. The number of rotatable bonds is 6. The van der Waals surface area contributed by atoms with E-state index in [0.717, 1.165) is 25.1 Å². The van der Waals surface area contributed by atoms with Crippen LogP contribution in [0.5, 0.6) is 0 Å². The van der Waals surface area contributed by atoms with Gasteiger partial charge in [-0.05, 0) is 56.2 Å². The second-order valence-electron chi connectivity index (χ2n) is 6.31. The molecule has 136 valence electrons. The van der Waals surface area contributed by atoms with Crippen LogP contribution in [0.4, 0.5) is 5.69 Å². The zero-order valence-electron chi connectivity index (χ0n) is 15.0. The van der Waals surface area contributed by atoms with Crippen LogP contribution in [0.25, 0.3) is 0 Å². The highest BCUT2D eigenvalue weighted by atomic mass is 16.5. The van der Waals surface area contributed by atoms with E-state index in [4.69, 9.17) is 4.74 Å². The summed E-state index contributed by atoms with van der Waals surface area (Å²) in [6.45, 7) is 3.81. The smallest absolute Gasteiger partial charge is 0.258 e. The first-order valence-corrected chi connectivity index (χ1v) is 9.06. The number of hydrogen-bond acceptors (Lipinski definition) is 3. The molecule has 0 saturated carbocycles. The number of nitrogens with one attached hydrogen (secondary N) is 1. The Morgan fingerprint density at radius 2 is 1.77 bits per heavy atom. The predicted octanol–water partition coefficient (Wildman–Crippen LogP) is 3.26. The van der Waals surface area contributed by atoms with Gasteiger partial charge in [-0.3, -0.25) is 9.59 Å². The van der Waals surface area contributed by atoms with Gasteiger partial charge in [0.25, 0.3) is 11.8 Å². The fourth-order valence-electron chi connectivity index (χ4n) is 3.09. The Morgan fingerprint density at radius 3 is 2.38 bits per heavy atom. The molecule has 3 rings (SSSR count). The van der Waals surface area contributed by atoms with Crippen molar-refractivity contribution in [1.82, 2.24) is 5.32 Å². The monoisotopic (exact) mass is 352 g/mol. The maximum atomic E-state index is 12.8. The van der Waals surface area contributed by atoms with E-state index in [1.807, 2.05) is 37.3 Å². The summed E-state index contributed by atoms with van der Waals surface area (Å²) in [5, 5.41) is 2.89. The molecule has 1 fully saturated rings. The molecule has 2 amide bonds. The van der Waals surface area contributed by atoms with Crippen molar-refractivity contribution in [3.63, 3.8) is 0 Å². The second-order valence-corrected chi connectivity index (χ2v) is 6.31. The first kappa shape index (κ1) is 18.1. The van der Waals surface area contributed by atoms with E-state index in [1.165, 1.54) is 0 Å². The number of anilines is 1. The van der Waals surface area contributed by atoms with Gasteiger partial charge in [0.15, 0.2) is 0 Å². The zero-order valence-corrected chi connectivity index (χ0v) is 15.0. The molecule has 1 saturated heterocycles. The van der Waals surface area contributed by atoms with Crippen molar-refractivity contribution < 1.29 is 14.3 Å². The number of amides is 2. The molecule has 1 N–H and O–H groups in total. The molecule has 1 atom stereocenters. The molecule has 0 aromatic heterocycles. The number of ether oxygens (including phenoxy) is 1. The molecule has 1 heterocycles. The summed E-state index contributed by atoms with van der Waals surface area (Å²) in [4.78, 5) is 26.7. The summed E-state index contributed by atoms with van der Waals surface area (Å²) in [6, 6.07) is 16.4. The van der Waals surface area contributed by atoms with Crippen molar-refractivity contribution in [2.24, 2.45) is 0 Å². The number of hydrogen-bond donors (Lipinski definition) is 1. The number of carbonyl (C=O) groups excluding carboxylic acids is 2. The Morgan fingerprint density at radius 1 is 1.08 bits per heavy atom. The minimum absolute atomic E-state index is 0.0787. The third kappa shape index (κ3) is 4.29. The standard InChI is InChI=1S/C21H24N2O3/c1-2-23(18-7-4-3-5-8-18)21(25)17-12-10-16(11-13-17)20(24)22-15-19-9-6-14-26-19/h3-5,7-8,10-13,19H,2,6,9,14-15H2,1H3,(H,22,24). The molecule has 2 aromatic carbocycles. The van der Waals surface area contributed by atoms with Crippen LogP contribution in [0, 0.1) is 0 Å². The first-order chi connectivity index (χ1) is 12.7. The van der Waals surface area contributed by atoms with Crippen molar-refractivity contribution in [2.45, 2.75) is 25.9 Å². The van der Waals surface area contributed by atoms with Gasteiger partial charge in [0, 0.05) is 36.5 Å². The average Bonchev–Trinajstić information content (AvgIpc) is 3.21. The first-order valence-electron chi connectivity index (χ1n) is 9.06. The summed E-state index contributed by atoms with van der Waals surface area (Å²) >= 11 is 0. The number of carbonyl (C=O) groups is 2. The fourth-order valence-corrected chi connectivity index (χ4v) is 3.09. The minimum Gasteiger partial charge on any atom is -0.376 e. The molecule has 5 heteroatoms. The van der Waals surface area contributed by atoms with Gasteiger partial charge in [-0.1, -0.05) is 18.2 Å². The molecule has 2 aromatic rings. The van der Waals surface area contributed by atoms with Gasteiger partial charge in [0.1, 0.15) is 0 Å². The van der Waals surface area contributed by atoms with Crippen LogP contribution >= 0.6 is 0 Å². The number of para-hydroxylation sites is 1. The summed E-state index contributed by atoms with van der Waals surface area (Å²) < 4.78 is 5.51. The van der Waals surface area contributed by atoms with Crippen LogP contribution in [-0.4, -0.2) is 37.6 Å². The Bertz CT molecular complexity index is 738. The lowest BCUT2D eigenvalue weighted by Crippen LogP contribution is -2.32. The molecular weight excluding hydrogens is 328 g/mol. The van der Waals surface area contributed by atoms with Gasteiger partial charge in [-0.2, -0.15) is 0 Å². The van der Waals surface area contributed by atoms with E-state index in [2.05, 4.69) is 5.32 Å². The topological polar surface area (TPSA) is 58.6 Å². The zero-order chi connectivity index (χ0) is 18.4. The molecule has 0 spiro atoms. The summed E-state index contributed by atoms with van der Waals surface area (Å²) in [5.74, 6) is -0.222. The van der Waals surface area contributed by atoms with Gasteiger partial charge >= 0.3 is 0 Å². The molecule has 1 unspecified atom stereocenters. The van der Waals surface area contributed by atoms with Gasteiger partial charge in [-0.15, -0.1) is 0 Å². The van der Waals surface area contributed by atoms with E-state index in [9.17, 15) is 9.59 Å². The minimum atomic E-state index is -0.144. The van der Waals surface area contributed by atoms with Crippen molar-refractivity contribution in [2.75, 3.05) is 24.6 Å². The highest BCUT2D eigenvalue weighted by Crippen LogP contribution is 2.17. The average molecular weight is 352 g/mol. The summed E-state index contributed by atoms with van der Waals surface area (Å²) in [5.41, 5.74) is 1.96. The lowest BCUT2D eigenvalue weighted by atomic mass is 10.1. The molecular formula is C21H24N2O3.